The van der Waals surface area contributed by atoms with Gasteiger partial charge in [0.15, 0.2) is 0 Å². The van der Waals surface area contributed by atoms with E-state index in [1.807, 2.05) is 0 Å². The molecule has 0 atom stereocenters. The lowest BCUT2D eigenvalue weighted by molar-refractivity contribution is 0.244. The second-order valence-electron chi connectivity index (χ2n) is 0.822. The smallest absolute Gasteiger partial charge is 0.301 e. The molecule has 0 aliphatic carbocycles. The van der Waals surface area contributed by atoms with Crippen LogP contribution in [0.25, 0.3) is 0 Å². The predicted molar refractivity (Wildman–Crippen MR) is 20.1 cm³/mol. The molecule has 0 saturated carbocycles. The molecule has 5 nitrogen and oxygen atoms in total. The van der Waals surface area contributed by atoms with E-state index in [0.29, 0.717) is 0 Å². The van der Waals surface area contributed by atoms with Crippen LogP contribution in [0.3, 0.4) is 0 Å². The molecule has 0 amide bonds. The van der Waals surface area contributed by atoms with Crippen LogP contribution in [-0.2, 0) is 23.9 Å². The highest BCUT2D eigenvalue weighted by Crippen LogP contribution is 2.54. The molecule has 0 aromatic rings. The van der Waals surface area contributed by atoms with Crippen LogP contribution in [0, 0.1) is 0 Å². The first-order chi connectivity index (χ1) is 3.10. The lowest BCUT2D eigenvalue weighted by Crippen LogP contribution is -2.10. The summed E-state index contributed by atoms with van der Waals surface area (Å²) in [6.45, 7) is 0. The van der Waals surface area contributed by atoms with Crippen molar-refractivity contribution in [2.75, 3.05) is 0 Å². The molecule has 1 aliphatic heterocycles. The highest BCUT2D eigenvalue weighted by atomic mass is 32.2. The van der Waals surface area contributed by atoms with Crippen molar-refractivity contribution in [2.45, 2.75) is 0 Å². The van der Waals surface area contributed by atoms with Gasteiger partial charge in [-0.25, -0.2) is 4.57 Å². The molecule has 1 heterocycles. The largest absolute Gasteiger partial charge is 0.501 e. The van der Waals surface area contributed by atoms with E-state index in [9.17, 15) is 8.77 Å². The normalized spacial score (nSPS) is 50.7. The maximum atomic E-state index is 9.80. The molecule has 42 valence electrons. The Hall–Kier alpha value is 0.260. The Kier molecular flexibility index (Phi) is 1.05. The van der Waals surface area contributed by atoms with Crippen LogP contribution >= 0.6 is 7.82 Å². The molecule has 1 N–H and O–H groups in total. The molecule has 0 aromatic heterocycles. The van der Waals surface area contributed by atoms with Crippen LogP contribution in [-0.4, -0.2) is 9.10 Å². The minimum absolute atomic E-state index is 1.97. The molecule has 1 saturated heterocycles. The lowest BCUT2D eigenvalue weighted by Gasteiger charge is -2.15. The van der Waals surface area contributed by atoms with Gasteiger partial charge in [-0.05, 0) is 0 Å². The van der Waals surface area contributed by atoms with E-state index in [0.717, 1.165) is 0 Å². The fourth-order valence-electron chi connectivity index (χ4n) is 0.159. The summed E-state index contributed by atoms with van der Waals surface area (Å²) in [5.74, 6) is 0. The third-order valence-electron chi connectivity index (χ3n) is 0.310. The van der Waals surface area contributed by atoms with Gasteiger partial charge in [0, 0.05) is 0 Å². The standard InChI is InChI=1S/HO5PS/c1-6(2)4-7(3)5-6/h(H,1,2). The van der Waals surface area contributed by atoms with E-state index in [1.165, 1.54) is 0 Å². The maximum Gasteiger partial charge on any atom is 0.501 e. The number of rotatable bonds is 0. The molecule has 1 fully saturated rings. The Morgan fingerprint density at radius 3 is 2.00 bits per heavy atom. The highest BCUT2D eigenvalue weighted by Gasteiger charge is 2.40. The SMILES string of the molecule is O=S1OP(=O)(O)O1. The van der Waals surface area contributed by atoms with Crippen LogP contribution in [0.2, 0.25) is 0 Å². The number of hydrogen-bond acceptors (Lipinski definition) is 4. The Balaban J connectivity index is 2.60. The first kappa shape index (κ1) is 5.40. The molecule has 7 heavy (non-hydrogen) atoms. The summed E-state index contributed by atoms with van der Waals surface area (Å²) in [6, 6.07) is 0. The zero-order chi connectivity index (χ0) is 5.49. The maximum absolute atomic E-state index is 9.80. The van der Waals surface area contributed by atoms with Gasteiger partial charge in [0.2, 0.25) is 0 Å². The average Bonchev–Trinajstić information content (AvgIpc) is 1.27. The summed E-state index contributed by atoms with van der Waals surface area (Å²) >= 11 is -1.97. The van der Waals surface area contributed by atoms with E-state index >= 15 is 0 Å². The van der Waals surface area contributed by atoms with Gasteiger partial charge in [-0.3, -0.25) is 0 Å². The van der Waals surface area contributed by atoms with Gasteiger partial charge < -0.3 is 4.89 Å². The van der Waals surface area contributed by atoms with Gasteiger partial charge in [-0.15, -0.1) is 0 Å². The first-order valence-corrected chi connectivity index (χ1v) is 3.74. The lowest BCUT2D eigenvalue weighted by atomic mass is 15.7. The molecule has 1 rings (SSSR count). The summed E-state index contributed by atoms with van der Waals surface area (Å²) < 4.78 is 26.8. The number of phosphoric acid groups is 1. The van der Waals surface area contributed by atoms with Crippen LogP contribution in [0.4, 0.5) is 0 Å². The molecule has 0 unspecified atom stereocenters. The molecular formula is HO5PS. The quantitative estimate of drug-likeness (QED) is 0.473. The average molecular weight is 144 g/mol. The highest BCUT2D eigenvalue weighted by molar-refractivity contribution is 7.91. The van der Waals surface area contributed by atoms with E-state index in [2.05, 4.69) is 7.94 Å². The van der Waals surface area contributed by atoms with Crippen molar-refractivity contribution in [3.05, 3.63) is 0 Å². The van der Waals surface area contributed by atoms with Crippen molar-refractivity contribution in [2.24, 2.45) is 0 Å². The van der Waals surface area contributed by atoms with Gasteiger partial charge in [-0.2, -0.15) is 12.1 Å². The van der Waals surface area contributed by atoms with Crippen LogP contribution < -0.4 is 0 Å². The zero-order valence-electron chi connectivity index (χ0n) is 2.94. The third-order valence-corrected chi connectivity index (χ3v) is 2.79. The van der Waals surface area contributed by atoms with Crippen molar-refractivity contribution in [1.82, 2.24) is 0 Å². The number of hydrogen-bond donors (Lipinski definition) is 1. The van der Waals surface area contributed by atoms with Crippen molar-refractivity contribution in [3.8, 4) is 0 Å². The molecule has 0 radical (unpaired) electrons. The Morgan fingerprint density at radius 1 is 1.57 bits per heavy atom. The summed E-state index contributed by atoms with van der Waals surface area (Å²) in [4.78, 5) is 8.00. The minimum atomic E-state index is -3.82. The minimum Gasteiger partial charge on any atom is -0.301 e. The molecular weight excluding hydrogens is 143 g/mol. The molecule has 0 bridgehead atoms. The third kappa shape index (κ3) is 1.08. The van der Waals surface area contributed by atoms with Crippen molar-refractivity contribution in [3.63, 3.8) is 0 Å². The Labute approximate surface area is 41.7 Å². The second kappa shape index (κ2) is 1.37. The fourth-order valence-corrected chi connectivity index (χ4v) is 1.43. The van der Waals surface area contributed by atoms with Crippen LogP contribution in [0.5, 0.6) is 0 Å². The van der Waals surface area contributed by atoms with Gasteiger partial charge in [-0.1, -0.05) is 0 Å². The topological polar surface area (TPSA) is 72.8 Å². The fraction of sp³-hybridized carbons (Fsp3) is 0. The second-order valence-corrected chi connectivity index (χ2v) is 3.36. The Bertz CT molecular complexity index is 136. The summed E-state index contributed by atoms with van der Waals surface area (Å²) in [5.41, 5.74) is 0. The monoisotopic (exact) mass is 144 g/mol. The first-order valence-electron chi connectivity index (χ1n) is 1.25. The van der Waals surface area contributed by atoms with Gasteiger partial charge in [0.25, 0.3) is 0 Å². The van der Waals surface area contributed by atoms with Gasteiger partial charge >= 0.3 is 19.2 Å². The molecule has 7 heteroatoms. The van der Waals surface area contributed by atoms with Gasteiger partial charge in [0.05, 0.1) is 0 Å². The van der Waals surface area contributed by atoms with E-state index < -0.39 is 19.2 Å². The summed E-state index contributed by atoms with van der Waals surface area (Å²) in [5, 5.41) is 0. The van der Waals surface area contributed by atoms with Crippen LogP contribution in [0.1, 0.15) is 0 Å². The van der Waals surface area contributed by atoms with Crippen molar-refractivity contribution < 1.29 is 21.6 Å². The molecule has 1 aliphatic rings. The van der Waals surface area contributed by atoms with Crippen molar-refractivity contribution >= 4 is 19.2 Å². The van der Waals surface area contributed by atoms with Crippen molar-refractivity contribution in [1.29, 1.82) is 0 Å². The Morgan fingerprint density at radius 2 is 2.00 bits per heavy atom. The summed E-state index contributed by atoms with van der Waals surface area (Å²) in [7, 11) is -3.82. The van der Waals surface area contributed by atoms with E-state index in [4.69, 9.17) is 4.89 Å². The van der Waals surface area contributed by atoms with E-state index in [1.54, 1.807) is 0 Å². The zero-order valence-corrected chi connectivity index (χ0v) is 4.65. The van der Waals surface area contributed by atoms with Gasteiger partial charge in [0.1, 0.15) is 0 Å². The summed E-state index contributed by atoms with van der Waals surface area (Å²) in [6.07, 6.45) is 0. The molecule has 0 spiro atoms. The predicted octanol–water partition coefficient (Wildman–Crippen LogP) is -0.288. The molecule has 0 aromatic carbocycles. The van der Waals surface area contributed by atoms with E-state index in [-0.39, 0.29) is 0 Å². The van der Waals surface area contributed by atoms with Crippen LogP contribution in [0.15, 0.2) is 0 Å².